The first-order valence-corrected chi connectivity index (χ1v) is 14.1. The maximum absolute atomic E-state index is 14.4. The predicted octanol–water partition coefficient (Wildman–Crippen LogP) is 5.28. The first kappa shape index (κ1) is 28.9. The number of carbonyl (C=O) groups is 3. The van der Waals surface area contributed by atoms with Crippen LogP contribution in [-0.2, 0) is 25.5 Å². The summed E-state index contributed by atoms with van der Waals surface area (Å²) in [6.45, 7) is 8.81. The van der Waals surface area contributed by atoms with Gasteiger partial charge >= 0.3 is 5.97 Å². The lowest BCUT2D eigenvalue weighted by atomic mass is 9.85. The third kappa shape index (κ3) is 6.24. The summed E-state index contributed by atoms with van der Waals surface area (Å²) in [4.78, 5) is 42.6. The number of hydrogen-bond acceptors (Lipinski definition) is 6. The van der Waals surface area contributed by atoms with E-state index in [1.54, 1.807) is 37.8 Å². The van der Waals surface area contributed by atoms with Gasteiger partial charge in [0, 0.05) is 10.0 Å². The van der Waals surface area contributed by atoms with Crippen molar-refractivity contribution in [3.8, 4) is 11.5 Å². The van der Waals surface area contributed by atoms with Crippen LogP contribution in [0.25, 0.3) is 0 Å². The van der Waals surface area contributed by atoms with E-state index < -0.39 is 29.6 Å². The predicted molar refractivity (Wildman–Crippen MR) is 151 cm³/mol. The summed E-state index contributed by atoms with van der Waals surface area (Å²) in [5, 5.41) is 2.74. The van der Waals surface area contributed by atoms with Crippen molar-refractivity contribution in [1.29, 1.82) is 0 Å². The Labute approximate surface area is 238 Å². The first-order chi connectivity index (χ1) is 18.4. The van der Waals surface area contributed by atoms with E-state index in [0.717, 1.165) is 24.0 Å². The number of hydrogen-bond donors (Lipinski definition) is 1. The molecular formula is C30H37BrN2O6. The topological polar surface area (TPSA) is 94.2 Å². The molecule has 2 aliphatic rings. The van der Waals surface area contributed by atoms with Gasteiger partial charge in [-0.3, -0.25) is 14.4 Å². The van der Waals surface area contributed by atoms with Crippen LogP contribution < -0.4 is 14.8 Å². The molecule has 0 fully saturated rings. The van der Waals surface area contributed by atoms with E-state index in [9.17, 15) is 14.4 Å². The molecule has 8 nitrogen and oxygen atoms in total. The summed E-state index contributed by atoms with van der Waals surface area (Å²) in [7, 11) is 1.52. The molecule has 3 atom stereocenters. The zero-order chi connectivity index (χ0) is 28.5. The lowest BCUT2D eigenvalue weighted by Crippen LogP contribution is -2.50. The van der Waals surface area contributed by atoms with E-state index >= 15 is 0 Å². The number of nitrogens with one attached hydrogen (secondary N) is 1. The molecule has 4 rings (SSSR count). The molecule has 1 aliphatic heterocycles. The second kappa shape index (κ2) is 11.6. The first-order valence-electron chi connectivity index (χ1n) is 13.3. The van der Waals surface area contributed by atoms with Crippen molar-refractivity contribution in [2.75, 3.05) is 13.7 Å². The minimum absolute atomic E-state index is 0.177. The van der Waals surface area contributed by atoms with Gasteiger partial charge in [0.1, 0.15) is 18.2 Å². The average Bonchev–Trinajstić information content (AvgIpc) is 2.99. The summed E-state index contributed by atoms with van der Waals surface area (Å²) in [5.74, 6) is -0.757. The number of amides is 2. The highest BCUT2D eigenvalue weighted by atomic mass is 79.9. The van der Waals surface area contributed by atoms with E-state index in [4.69, 9.17) is 14.2 Å². The Morgan fingerprint density at radius 2 is 1.90 bits per heavy atom. The highest BCUT2D eigenvalue weighted by Crippen LogP contribution is 2.48. The minimum atomic E-state index is -1.07. The molecule has 9 heteroatoms. The van der Waals surface area contributed by atoms with Gasteiger partial charge in [0.2, 0.25) is 5.91 Å². The van der Waals surface area contributed by atoms with E-state index in [1.165, 1.54) is 7.11 Å². The Bertz CT molecular complexity index is 1250. The quantitative estimate of drug-likeness (QED) is 0.453. The molecule has 0 spiro atoms. The Morgan fingerprint density at radius 3 is 2.56 bits per heavy atom. The molecule has 2 aromatic carbocycles. The lowest BCUT2D eigenvalue weighted by molar-refractivity contribution is -0.155. The van der Waals surface area contributed by atoms with Gasteiger partial charge in [-0.1, -0.05) is 54.0 Å². The molecule has 0 bridgehead atoms. The molecule has 0 saturated carbocycles. The molecule has 2 amide bonds. The second-order valence-electron chi connectivity index (χ2n) is 11.4. The monoisotopic (exact) mass is 600 g/mol. The number of fused-ring (bicyclic) bond motifs is 2. The molecule has 2 aromatic rings. The number of nitrogens with zero attached hydrogens (tertiary/aromatic N) is 1. The van der Waals surface area contributed by atoms with Crippen molar-refractivity contribution in [2.24, 2.45) is 5.92 Å². The normalized spacial score (nSPS) is 20.9. The Balaban J connectivity index is 1.86. The van der Waals surface area contributed by atoms with Crippen LogP contribution >= 0.6 is 15.9 Å². The maximum atomic E-state index is 14.4. The molecule has 0 aromatic heterocycles. The number of ether oxygens (including phenoxy) is 3. The molecule has 1 aliphatic carbocycles. The third-order valence-corrected chi connectivity index (χ3v) is 7.40. The molecule has 0 saturated heterocycles. The van der Waals surface area contributed by atoms with Crippen molar-refractivity contribution in [3.63, 3.8) is 0 Å². The van der Waals surface area contributed by atoms with Crippen LogP contribution in [0.15, 0.2) is 40.9 Å². The van der Waals surface area contributed by atoms with Crippen LogP contribution in [0.4, 0.5) is 0 Å². The zero-order valence-electron chi connectivity index (χ0n) is 23.4. The van der Waals surface area contributed by atoms with Crippen molar-refractivity contribution >= 4 is 33.7 Å². The van der Waals surface area contributed by atoms with Crippen molar-refractivity contribution < 1.29 is 28.6 Å². The van der Waals surface area contributed by atoms with Gasteiger partial charge in [-0.15, -0.1) is 0 Å². The highest BCUT2D eigenvalue weighted by Gasteiger charge is 2.47. The molecule has 3 unspecified atom stereocenters. The zero-order valence-corrected chi connectivity index (χ0v) is 25.0. The Hall–Kier alpha value is -3.07. The summed E-state index contributed by atoms with van der Waals surface area (Å²) < 4.78 is 18.1. The van der Waals surface area contributed by atoms with Crippen LogP contribution in [0.5, 0.6) is 11.5 Å². The maximum Gasteiger partial charge on any atom is 0.325 e. The molecular weight excluding hydrogens is 564 g/mol. The van der Waals surface area contributed by atoms with Crippen LogP contribution in [0.3, 0.4) is 0 Å². The van der Waals surface area contributed by atoms with Gasteiger partial charge in [0.25, 0.3) is 5.91 Å². The summed E-state index contributed by atoms with van der Waals surface area (Å²) in [5.41, 5.74) is 1.98. The number of halogens is 1. The van der Waals surface area contributed by atoms with Gasteiger partial charge in [-0.05, 0) is 69.2 Å². The fraction of sp³-hybridized carbons (Fsp3) is 0.500. The summed E-state index contributed by atoms with van der Waals surface area (Å²) in [6, 6.07) is 10.2. The number of rotatable bonds is 6. The fourth-order valence-electron chi connectivity index (χ4n) is 5.34. The summed E-state index contributed by atoms with van der Waals surface area (Å²) in [6.07, 6.45) is 1.64. The fourth-order valence-corrected chi connectivity index (χ4v) is 5.80. The van der Waals surface area contributed by atoms with E-state index in [-0.39, 0.29) is 24.4 Å². The SMILES string of the molecule is COc1cc(Br)cc2c1OC(C(C)C)C(=O)N(C1CCCc3ccccc31)C2C(=O)NCC(=O)OC(C)(C)C. The van der Waals surface area contributed by atoms with Gasteiger partial charge in [0.05, 0.1) is 13.2 Å². The smallest absolute Gasteiger partial charge is 0.325 e. The van der Waals surface area contributed by atoms with Gasteiger partial charge in [-0.25, -0.2) is 0 Å². The molecule has 39 heavy (non-hydrogen) atoms. The van der Waals surface area contributed by atoms with E-state index in [1.807, 2.05) is 32.0 Å². The van der Waals surface area contributed by atoms with Crippen LogP contribution in [0.2, 0.25) is 0 Å². The van der Waals surface area contributed by atoms with E-state index in [2.05, 4.69) is 27.3 Å². The highest BCUT2D eigenvalue weighted by molar-refractivity contribution is 9.10. The van der Waals surface area contributed by atoms with Crippen molar-refractivity contribution in [3.05, 3.63) is 57.6 Å². The third-order valence-electron chi connectivity index (χ3n) is 6.94. The van der Waals surface area contributed by atoms with Crippen LogP contribution in [0, 0.1) is 5.92 Å². The lowest BCUT2D eigenvalue weighted by Gasteiger charge is -2.40. The Morgan fingerprint density at radius 1 is 1.18 bits per heavy atom. The number of carbonyl (C=O) groups excluding carboxylic acids is 3. The largest absolute Gasteiger partial charge is 0.493 e. The molecule has 1 heterocycles. The van der Waals surface area contributed by atoms with Gasteiger partial charge in [-0.2, -0.15) is 0 Å². The van der Waals surface area contributed by atoms with Crippen LogP contribution in [0.1, 0.15) is 76.2 Å². The van der Waals surface area contributed by atoms with E-state index in [0.29, 0.717) is 28.0 Å². The minimum Gasteiger partial charge on any atom is -0.493 e. The summed E-state index contributed by atoms with van der Waals surface area (Å²) >= 11 is 3.54. The van der Waals surface area contributed by atoms with Crippen molar-refractivity contribution in [2.45, 2.75) is 77.7 Å². The van der Waals surface area contributed by atoms with Crippen LogP contribution in [-0.4, -0.2) is 48.0 Å². The number of esters is 1. The standard InChI is InChI=1S/C30H37BrN2O6/c1-17(2)26-29(36)33(22-13-9-11-18-10-7-8-12-20(18)22)25(28(35)32-16-24(34)39-30(3,4)5)21-14-19(31)15-23(37-6)27(21)38-26/h7-8,10,12,14-15,17,22,25-26H,9,11,13,16H2,1-6H3,(H,32,35). The van der Waals surface area contributed by atoms with Crippen molar-refractivity contribution in [1.82, 2.24) is 10.2 Å². The average molecular weight is 602 g/mol. The molecule has 210 valence electrons. The Kier molecular flexibility index (Phi) is 8.59. The molecule has 0 radical (unpaired) electrons. The molecule has 1 N–H and O–H groups in total. The number of aryl methyl sites for hydroxylation is 1. The van der Waals surface area contributed by atoms with Gasteiger partial charge in [0.15, 0.2) is 17.6 Å². The number of methoxy groups -OCH3 is 1. The van der Waals surface area contributed by atoms with Gasteiger partial charge < -0.3 is 24.4 Å². The number of benzene rings is 2. The second-order valence-corrected chi connectivity index (χ2v) is 12.3.